The first-order valence-electron chi connectivity index (χ1n) is 8.34. The molecule has 1 unspecified atom stereocenters. The topological polar surface area (TPSA) is 33.2 Å². The Morgan fingerprint density at radius 3 is 2.50 bits per heavy atom. The molecule has 3 nitrogen and oxygen atoms in total. The molecule has 1 heterocycles. The lowest BCUT2D eigenvalue weighted by molar-refractivity contribution is -0.135. The molecule has 24 heavy (non-hydrogen) atoms. The Morgan fingerprint density at radius 2 is 1.88 bits per heavy atom. The van der Waals surface area contributed by atoms with Gasteiger partial charge in [0.15, 0.2) is 0 Å². The van der Waals surface area contributed by atoms with Gasteiger partial charge >= 0.3 is 0 Å². The van der Waals surface area contributed by atoms with E-state index in [1.165, 1.54) is 5.56 Å². The van der Waals surface area contributed by atoms with Crippen molar-refractivity contribution in [1.82, 2.24) is 9.88 Å². The summed E-state index contributed by atoms with van der Waals surface area (Å²) in [7, 11) is 1.89. The van der Waals surface area contributed by atoms with Crippen LogP contribution in [0.1, 0.15) is 31.4 Å². The van der Waals surface area contributed by atoms with E-state index in [0.717, 1.165) is 22.9 Å². The Labute approximate surface area is 153 Å². The maximum absolute atomic E-state index is 13.0. The average Bonchev–Trinajstić information content (AvgIpc) is 2.54. The van der Waals surface area contributed by atoms with E-state index >= 15 is 0 Å². The van der Waals surface area contributed by atoms with E-state index in [4.69, 9.17) is 0 Å². The van der Waals surface area contributed by atoms with E-state index in [9.17, 15) is 4.79 Å². The van der Waals surface area contributed by atoms with Crippen LogP contribution in [0.5, 0.6) is 0 Å². The Bertz CT molecular complexity index is 658. The standard InChI is InChI=1S/C20H25BrN2O/c1-15(2)11-18(12-17-5-4-6-19(21)13-17)20(24)23(3)14-16-7-9-22-10-8-16/h4-10,13,15,18H,11-12,14H2,1-3H3. The Kier molecular flexibility index (Phi) is 6.98. The first-order valence-corrected chi connectivity index (χ1v) is 9.13. The van der Waals surface area contributed by atoms with Gasteiger partial charge in [0.05, 0.1) is 0 Å². The molecule has 0 fully saturated rings. The third-order valence-electron chi connectivity index (χ3n) is 4.02. The predicted molar refractivity (Wildman–Crippen MR) is 102 cm³/mol. The van der Waals surface area contributed by atoms with Crippen molar-refractivity contribution in [2.45, 2.75) is 33.2 Å². The largest absolute Gasteiger partial charge is 0.341 e. The molecule has 0 N–H and O–H groups in total. The Balaban J connectivity index is 2.09. The molecule has 1 atom stereocenters. The van der Waals surface area contributed by atoms with Crippen molar-refractivity contribution in [3.8, 4) is 0 Å². The summed E-state index contributed by atoms with van der Waals surface area (Å²) >= 11 is 3.51. The summed E-state index contributed by atoms with van der Waals surface area (Å²) in [4.78, 5) is 18.8. The minimum atomic E-state index is 0.00568. The molecular weight excluding hydrogens is 364 g/mol. The maximum Gasteiger partial charge on any atom is 0.226 e. The number of rotatable bonds is 7. The van der Waals surface area contributed by atoms with Gasteiger partial charge in [0, 0.05) is 36.4 Å². The highest BCUT2D eigenvalue weighted by molar-refractivity contribution is 9.10. The summed E-state index contributed by atoms with van der Waals surface area (Å²) in [6, 6.07) is 12.1. The summed E-state index contributed by atoms with van der Waals surface area (Å²) in [5.74, 6) is 0.701. The molecule has 4 heteroatoms. The molecule has 1 aromatic heterocycles. The molecule has 0 aliphatic carbocycles. The van der Waals surface area contributed by atoms with E-state index < -0.39 is 0 Å². The van der Waals surface area contributed by atoms with E-state index in [2.05, 4.69) is 46.9 Å². The molecule has 128 valence electrons. The van der Waals surface area contributed by atoms with Crippen LogP contribution in [0.3, 0.4) is 0 Å². The third kappa shape index (κ3) is 5.75. The number of benzene rings is 1. The first-order chi connectivity index (χ1) is 11.5. The zero-order chi connectivity index (χ0) is 17.5. The molecule has 1 amide bonds. The second-order valence-electron chi connectivity index (χ2n) is 6.71. The van der Waals surface area contributed by atoms with Crippen LogP contribution in [0.25, 0.3) is 0 Å². The van der Waals surface area contributed by atoms with Gasteiger partial charge in [-0.05, 0) is 54.2 Å². The quantitative estimate of drug-likeness (QED) is 0.687. The summed E-state index contributed by atoms with van der Waals surface area (Å²) in [6.07, 6.45) is 5.20. The third-order valence-corrected chi connectivity index (χ3v) is 4.51. The average molecular weight is 389 g/mol. The highest BCUT2D eigenvalue weighted by Crippen LogP contribution is 2.22. The van der Waals surface area contributed by atoms with Crippen molar-refractivity contribution in [3.05, 3.63) is 64.4 Å². The fourth-order valence-corrected chi connectivity index (χ4v) is 3.39. The monoisotopic (exact) mass is 388 g/mol. The van der Waals surface area contributed by atoms with Crippen molar-refractivity contribution in [2.75, 3.05) is 7.05 Å². The van der Waals surface area contributed by atoms with Crippen LogP contribution in [0, 0.1) is 11.8 Å². The molecular formula is C20H25BrN2O. The van der Waals surface area contributed by atoms with Gasteiger partial charge in [-0.3, -0.25) is 9.78 Å². The zero-order valence-corrected chi connectivity index (χ0v) is 16.2. The van der Waals surface area contributed by atoms with Gasteiger partial charge in [-0.1, -0.05) is 41.9 Å². The van der Waals surface area contributed by atoms with E-state index in [-0.39, 0.29) is 11.8 Å². The second kappa shape index (κ2) is 8.97. The van der Waals surface area contributed by atoms with Gasteiger partial charge in [-0.25, -0.2) is 0 Å². The molecule has 0 bridgehead atoms. The molecule has 0 saturated carbocycles. The van der Waals surface area contributed by atoms with Gasteiger partial charge in [-0.2, -0.15) is 0 Å². The summed E-state index contributed by atoms with van der Waals surface area (Å²) < 4.78 is 1.06. The molecule has 0 radical (unpaired) electrons. The van der Waals surface area contributed by atoms with Crippen molar-refractivity contribution in [3.63, 3.8) is 0 Å². The smallest absolute Gasteiger partial charge is 0.226 e. The van der Waals surface area contributed by atoms with E-state index in [1.807, 2.05) is 36.2 Å². The molecule has 1 aromatic carbocycles. The maximum atomic E-state index is 13.0. The Morgan fingerprint density at radius 1 is 1.17 bits per heavy atom. The van der Waals surface area contributed by atoms with Crippen LogP contribution >= 0.6 is 15.9 Å². The minimum Gasteiger partial charge on any atom is -0.341 e. The van der Waals surface area contributed by atoms with Crippen LogP contribution in [-0.2, 0) is 17.8 Å². The van der Waals surface area contributed by atoms with Crippen LogP contribution in [0.15, 0.2) is 53.3 Å². The zero-order valence-electron chi connectivity index (χ0n) is 14.6. The summed E-state index contributed by atoms with van der Waals surface area (Å²) in [5, 5.41) is 0. The summed E-state index contributed by atoms with van der Waals surface area (Å²) in [6.45, 7) is 4.96. The number of amides is 1. The van der Waals surface area contributed by atoms with E-state index in [1.54, 1.807) is 12.4 Å². The van der Waals surface area contributed by atoms with Crippen molar-refractivity contribution < 1.29 is 4.79 Å². The van der Waals surface area contributed by atoms with Gasteiger partial charge in [-0.15, -0.1) is 0 Å². The second-order valence-corrected chi connectivity index (χ2v) is 7.63. The van der Waals surface area contributed by atoms with Crippen LogP contribution < -0.4 is 0 Å². The van der Waals surface area contributed by atoms with Crippen LogP contribution in [-0.4, -0.2) is 22.8 Å². The fourth-order valence-electron chi connectivity index (χ4n) is 2.94. The Hall–Kier alpha value is -1.68. The van der Waals surface area contributed by atoms with Gasteiger partial charge < -0.3 is 4.90 Å². The molecule has 2 rings (SSSR count). The number of halogens is 1. The minimum absolute atomic E-state index is 0.00568. The van der Waals surface area contributed by atoms with Gasteiger partial charge in [0.1, 0.15) is 0 Å². The molecule has 0 spiro atoms. The van der Waals surface area contributed by atoms with Crippen molar-refractivity contribution >= 4 is 21.8 Å². The SMILES string of the molecule is CC(C)CC(Cc1cccc(Br)c1)C(=O)N(C)Cc1ccncc1. The van der Waals surface area contributed by atoms with E-state index in [0.29, 0.717) is 12.5 Å². The number of carbonyl (C=O) groups excluding carboxylic acids is 1. The lowest BCUT2D eigenvalue weighted by Gasteiger charge is -2.25. The van der Waals surface area contributed by atoms with Crippen LogP contribution in [0.2, 0.25) is 0 Å². The number of pyridine rings is 1. The van der Waals surface area contributed by atoms with Crippen molar-refractivity contribution in [1.29, 1.82) is 0 Å². The normalized spacial score (nSPS) is 12.2. The summed E-state index contributed by atoms with van der Waals surface area (Å²) in [5.41, 5.74) is 2.30. The molecule has 2 aromatic rings. The lowest BCUT2D eigenvalue weighted by Crippen LogP contribution is -2.34. The lowest BCUT2D eigenvalue weighted by atomic mass is 9.89. The van der Waals surface area contributed by atoms with Crippen molar-refractivity contribution in [2.24, 2.45) is 11.8 Å². The predicted octanol–water partition coefficient (Wildman–Crippen LogP) is 4.71. The number of hydrogen-bond donors (Lipinski definition) is 0. The molecule has 0 aliphatic heterocycles. The highest BCUT2D eigenvalue weighted by atomic mass is 79.9. The number of nitrogens with zero attached hydrogens (tertiary/aromatic N) is 2. The number of aromatic nitrogens is 1. The first kappa shape index (κ1) is 18.7. The van der Waals surface area contributed by atoms with Gasteiger partial charge in [0.25, 0.3) is 0 Å². The van der Waals surface area contributed by atoms with Gasteiger partial charge in [0.2, 0.25) is 5.91 Å². The fraction of sp³-hybridized carbons (Fsp3) is 0.400. The number of carbonyl (C=O) groups is 1. The molecule has 0 aliphatic rings. The number of hydrogen-bond acceptors (Lipinski definition) is 2. The highest BCUT2D eigenvalue weighted by Gasteiger charge is 2.23. The van der Waals surface area contributed by atoms with Crippen LogP contribution in [0.4, 0.5) is 0 Å². The molecule has 0 saturated heterocycles.